The fourth-order valence-electron chi connectivity index (χ4n) is 0.399. The topological polar surface area (TPSA) is 73.8 Å². The average molecular weight is 195 g/mol. The van der Waals surface area contributed by atoms with Crippen LogP contribution in [-0.2, 0) is 10.1 Å². The van der Waals surface area contributed by atoms with E-state index in [0.29, 0.717) is 6.26 Å². The maximum atomic E-state index is 9.08. The number of hydrogen-bond acceptors (Lipinski definition) is 3. The van der Waals surface area contributed by atoms with Crippen molar-refractivity contribution in [1.82, 2.24) is 0 Å². The van der Waals surface area contributed by atoms with E-state index in [4.69, 9.17) is 13.0 Å². The highest BCUT2D eigenvalue weighted by Crippen LogP contribution is 1.60. The van der Waals surface area contributed by atoms with E-state index in [1.54, 1.807) is 0 Å². The van der Waals surface area contributed by atoms with Crippen molar-refractivity contribution in [2.75, 3.05) is 12.8 Å². The van der Waals surface area contributed by atoms with Gasteiger partial charge in [-0.1, -0.05) is 6.92 Å². The van der Waals surface area contributed by atoms with E-state index < -0.39 is 10.1 Å². The lowest BCUT2D eigenvalue weighted by atomic mass is 10.5. The van der Waals surface area contributed by atoms with E-state index in [1.165, 1.54) is 13.0 Å². The fourth-order valence-corrected chi connectivity index (χ4v) is 0.399. The molecule has 0 amide bonds. The van der Waals surface area contributed by atoms with Crippen LogP contribution in [0.4, 0.5) is 0 Å². The second-order valence-corrected chi connectivity index (χ2v) is 3.66. The van der Waals surface area contributed by atoms with Crippen molar-refractivity contribution in [1.29, 1.82) is 0 Å². The molecule has 0 rings (SSSR count). The number of nitrogens with two attached hydrogens (primary N) is 1. The summed E-state index contributed by atoms with van der Waals surface area (Å²) in [5, 5.41) is 2.18. The van der Waals surface area contributed by atoms with Crippen molar-refractivity contribution in [2.24, 2.45) is 0 Å². The van der Waals surface area contributed by atoms with Gasteiger partial charge in [0.1, 0.15) is 0 Å². The monoisotopic (exact) mass is 195 g/mol. The van der Waals surface area contributed by atoms with Crippen LogP contribution in [0, 0.1) is 0 Å². The Balaban J connectivity index is 0. The Morgan fingerprint density at radius 3 is 2.17 bits per heavy atom. The van der Waals surface area contributed by atoms with Crippen molar-refractivity contribution < 1.29 is 18.3 Å². The molecule has 0 aliphatic carbocycles. The van der Waals surface area contributed by atoms with Crippen LogP contribution in [0.2, 0.25) is 0 Å². The fraction of sp³-hybridized carbons (Fsp3) is 0.714. The van der Waals surface area contributed by atoms with Gasteiger partial charge >= 0.3 is 0 Å². The van der Waals surface area contributed by atoms with Crippen LogP contribution in [0.3, 0.4) is 0 Å². The second kappa shape index (κ2) is 8.70. The lowest BCUT2D eigenvalue weighted by molar-refractivity contribution is -0.587. The molecule has 0 bridgehead atoms. The van der Waals surface area contributed by atoms with E-state index in [1.807, 2.05) is 6.92 Å². The molecular formula is C7H17NO3S. The third-order valence-electron chi connectivity index (χ3n) is 0.784. The number of rotatable bonds is 3. The molecule has 0 aliphatic heterocycles. The van der Waals surface area contributed by atoms with Crippen LogP contribution in [0.15, 0.2) is 12.3 Å². The molecule has 0 heterocycles. The molecule has 0 aliphatic rings. The first-order chi connectivity index (χ1) is 5.41. The molecule has 0 aromatic heterocycles. The number of quaternary nitrogens is 1. The molecule has 0 saturated heterocycles. The Hall–Kier alpha value is -0.390. The Kier molecular flexibility index (Phi) is 10.3. The second-order valence-electron chi connectivity index (χ2n) is 2.25. The van der Waals surface area contributed by atoms with Crippen LogP contribution in [0.25, 0.3) is 0 Å². The van der Waals surface area contributed by atoms with Crippen molar-refractivity contribution >= 4 is 10.1 Å². The molecule has 0 fully saturated rings. The van der Waals surface area contributed by atoms with E-state index >= 15 is 0 Å². The third-order valence-corrected chi connectivity index (χ3v) is 0.784. The quantitative estimate of drug-likeness (QED) is 0.494. The van der Waals surface area contributed by atoms with Crippen LogP contribution >= 0.6 is 0 Å². The van der Waals surface area contributed by atoms with Gasteiger partial charge in [-0.15, -0.1) is 0 Å². The molecule has 0 aromatic carbocycles. The summed E-state index contributed by atoms with van der Waals surface area (Å²) in [4.78, 5) is 0. The highest BCUT2D eigenvalue weighted by molar-refractivity contribution is 7.84. The minimum absolute atomic E-state index is 0.604. The molecule has 0 spiro atoms. The zero-order valence-electron chi connectivity index (χ0n) is 7.78. The molecule has 0 aromatic rings. The summed E-state index contributed by atoms with van der Waals surface area (Å²) in [6.45, 7) is 5.43. The Labute approximate surface area is 74.4 Å². The van der Waals surface area contributed by atoms with E-state index in [0.717, 1.165) is 0 Å². The molecule has 0 saturated carbocycles. The van der Waals surface area contributed by atoms with Crippen molar-refractivity contribution in [3.63, 3.8) is 0 Å². The zero-order valence-corrected chi connectivity index (χ0v) is 8.60. The van der Waals surface area contributed by atoms with Crippen LogP contribution < -0.4 is 5.32 Å². The minimum Gasteiger partial charge on any atom is -0.748 e. The van der Waals surface area contributed by atoms with Gasteiger partial charge in [-0.25, -0.2) is 8.42 Å². The van der Waals surface area contributed by atoms with Crippen LogP contribution in [0.1, 0.15) is 20.3 Å². The minimum atomic E-state index is -3.92. The number of allylic oxidation sites excluding steroid dienone is 1. The molecule has 74 valence electrons. The van der Waals surface area contributed by atoms with Gasteiger partial charge in [0.05, 0.1) is 22.9 Å². The zero-order chi connectivity index (χ0) is 10.0. The first-order valence-electron chi connectivity index (χ1n) is 3.77. The maximum Gasteiger partial charge on any atom is 0.0916 e. The summed E-state index contributed by atoms with van der Waals surface area (Å²) in [7, 11) is -3.92. The molecule has 5 heteroatoms. The van der Waals surface area contributed by atoms with Gasteiger partial charge in [-0.05, 0) is 19.4 Å². The molecule has 2 N–H and O–H groups in total. The third kappa shape index (κ3) is 54.7. The van der Waals surface area contributed by atoms with Gasteiger partial charge in [0.25, 0.3) is 0 Å². The SMILES string of the molecule is CC=C[NH2+]CCC.CS(=O)(=O)[O-]. The summed E-state index contributed by atoms with van der Waals surface area (Å²) >= 11 is 0. The van der Waals surface area contributed by atoms with Crippen LogP contribution in [0.5, 0.6) is 0 Å². The molecule has 0 radical (unpaired) electrons. The Morgan fingerprint density at radius 1 is 1.50 bits per heavy atom. The van der Waals surface area contributed by atoms with Gasteiger partial charge in [-0.3, -0.25) is 0 Å². The van der Waals surface area contributed by atoms with E-state index in [2.05, 4.69) is 24.5 Å². The normalized spacial score (nSPS) is 11.0. The highest BCUT2D eigenvalue weighted by Gasteiger charge is 1.74. The summed E-state index contributed by atoms with van der Waals surface area (Å²) in [6, 6.07) is 0. The van der Waals surface area contributed by atoms with Gasteiger partial charge in [0.2, 0.25) is 0 Å². The first-order valence-corrected chi connectivity index (χ1v) is 5.58. The molecule has 0 unspecified atom stereocenters. The van der Waals surface area contributed by atoms with Crippen molar-refractivity contribution in [3.05, 3.63) is 12.3 Å². The lowest BCUT2D eigenvalue weighted by Crippen LogP contribution is -2.77. The van der Waals surface area contributed by atoms with E-state index in [-0.39, 0.29) is 0 Å². The molecule has 12 heavy (non-hydrogen) atoms. The molecule has 0 atom stereocenters. The maximum absolute atomic E-state index is 9.08. The smallest absolute Gasteiger partial charge is 0.0916 e. The van der Waals surface area contributed by atoms with Crippen molar-refractivity contribution in [2.45, 2.75) is 20.3 Å². The highest BCUT2D eigenvalue weighted by atomic mass is 32.2. The molecule has 4 nitrogen and oxygen atoms in total. The standard InChI is InChI=1S/C6H13N.CH4O3S/c1-3-5-7-6-4-2;1-5(2,3)4/h3,5,7H,4,6H2,1-2H3;1H3,(H,2,3,4). The van der Waals surface area contributed by atoms with Gasteiger partial charge < -0.3 is 9.87 Å². The first kappa shape index (κ1) is 14.2. The summed E-state index contributed by atoms with van der Waals surface area (Å²) in [5.41, 5.74) is 0. The van der Waals surface area contributed by atoms with Gasteiger partial charge in [-0.2, -0.15) is 0 Å². The van der Waals surface area contributed by atoms with E-state index in [9.17, 15) is 0 Å². The van der Waals surface area contributed by atoms with Gasteiger partial charge in [0, 0.05) is 6.26 Å². The Bertz CT molecular complexity index is 189. The summed E-state index contributed by atoms with van der Waals surface area (Å²) in [6.07, 6.45) is 6.00. The predicted octanol–water partition coefficient (Wildman–Crippen LogP) is -0.345. The van der Waals surface area contributed by atoms with Crippen LogP contribution in [-0.4, -0.2) is 25.8 Å². The lowest BCUT2D eigenvalue weighted by Gasteiger charge is -1.90. The number of hydrogen-bond donors (Lipinski definition) is 1. The summed E-state index contributed by atoms with van der Waals surface area (Å²) < 4.78 is 27.2. The summed E-state index contributed by atoms with van der Waals surface area (Å²) in [5.74, 6) is 0. The van der Waals surface area contributed by atoms with Gasteiger partial charge in [0.15, 0.2) is 0 Å². The molecular weight excluding hydrogens is 178 g/mol. The largest absolute Gasteiger partial charge is 0.748 e. The average Bonchev–Trinajstić information content (AvgIpc) is 1.85. The predicted molar refractivity (Wildman–Crippen MR) is 47.5 cm³/mol. The Morgan fingerprint density at radius 2 is 1.92 bits per heavy atom. The van der Waals surface area contributed by atoms with Crippen molar-refractivity contribution in [3.8, 4) is 0 Å².